The average Bonchev–Trinajstić information content (AvgIpc) is 2.32. The van der Waals surface area contributed by atoms with Crippen LogP contribution in [0.15, 0.2) is 12.2 Å². The molecule has 2 fully saturated rings. The van der Waals surface area contributed by atoms with Crippen LogP contribution in [-0.4, -0.2) is 12.7 Å². The van der Waals surface area contributed by atoms with E-state index >= 15 is 0 Å². The number of ether oxygens (including phenoxy) is 1. The Labute approximate surface area is 68.4 Å². The first-order chi connectivity index (χ1) is 5.27. The Morgan fingerprint density at radius 3 is 3.09 bits per heavy atom. The highest BCUT2D eigenvalue weighted by Crippen LogP contribution is 2.38. The van der Waals surface area contributed by atoms with Gasteiger partial charge in [-0.15, -0.1) is 0 Å². The van der Waals surface area contributed by atoms with Gasteiger partial charge in [0.05, 0.1) is 12.7 Å². The van der Waals surface area contributed by atoms with Gasteiger partial charge >= 0.3 is 0 Å². The molecule has 0 unspecified atom stereocenters. The molecular formula is C10H16O. The summed E-state index contributed by atoms with van der Waals surface area (Å²) in [5, 5.41) is 0. The number of hydrogen-bond donors (Lipinski definition) is 0. The summed E-state index contributed by atoms with van der Waals surface area (Å²) < 4.78 is 5.64. The van der Waals surface area contributed by atoms with Crippen LogP contribution in [0.3, 0.4) is 0 Å². The smallest absolute Gasteiger partial charge is 0.0681 e. The summed E-state index contributed by atoms with van der Waals surface area (Å²) in [6.45, 7) is 7.18. The largest absolute Gasteiger partial charge is 0.373 e. The van der Waals surface area contributed by atoms with Gasteiger partial charge in [-0.05, 0) is 30.8 Å². The van der Waals surface area contributed by atoms with Crippen molar-refractivity contribution in [1.82, 2.24) is 0 Å². The van der Waals surface area contributed by atoms with E-state index in [-0.39, 0.29) is 0 Å². The minimum absolute atomic E-state index is 0.520. The molecule has 2 aliphatic rings. The van der Waals surface area contributed by atoms with E-state index < -0.39 is 0 Å². The summed E-state index contributed by atoms with van der Waals surface area (Å²) in [6.07, 6.45) is 4.45. The molecule has 0 aromatic heterocycles. The van der Waals surface area contributed by atoms with E-state index in [1.54, 1.807) is 0 Å². The van der Waals surface area contributed by atoms with Crippen molar-refractivity contribution in [2.45, 2.75) is 32.3 Å². The number of fused-ring (bicyclic) bond motifs is 1. The van der Waals surface area contributed by atoms with Crippen LogP contribution in [0, 0.1) is 11.8 Å². The predicted octanol–water partition coefficient (Wildman–Crippen LogP) is 2.38. The molecule has 62 valence electrons. The van der Waals surface area contributed by atoms with Gasteiger partial charge in [-0.3, -0.25) is 0 Å². The monoisotopic (exact) mass is 152 g/mol. The molecule has 0 aromatic carbocycles. The molecule has 1 heteroatoms. The maximum absolute atomic E-state index is 5.64. The van der Waals surface area contributed by atoms with Crippen LogP contribution < -0.4 is 0 Å². The summed E-state index contributed by atoms with van der Waals surface area (Å²) in [6, 6.07) is 0. The van der Waals surface area contributed by atoms with Gasteiger partial charge in [-0.1, -0.05) is 13.5 Å². The molecule has 11 heavy (non-hydrogen) atoms. The molecule has 1 aliphatic heterocycles. The lowest BCUT2D eigenvalue weighted by atomic mass is 9.79. The standard InChI is InChI=1S/C10H16O/c1-7-3-4-9-8(2)6-11-10(9)5-7/h7,9-10H,2-6H2,1H3/t7-,9+,10-/m1/s1. The third-order valence-corrected chi connectivity index (χ3v) is 3.06. The van der Waals surface area contributed by atoms with Gasteiger partial charge in [0, 0.05) is 5.92 Å². The maximum atomic E-state index is 5.64. The summed E-state index contributed by atoms with van der Waals surface area (Å²) in [7, 11) is 0. The van der Waals surface area contributed by atoms with Crippen LogP contribution in [0.25, 0.3) is 0 Å². The van der Waals surface area contributed by atoms with Crippen LogP contribution in [0.4, 0.5) is 0 Å². The van der Waals surface area contributed by atoms with Crippen LogP contribution >= 0.6 is 0 Å². The van der Waals surface area contributed by atoms with Crippen LogP contribution in [-0.2, 0) is 4.74 Å². The van der Waals surface area contributed by atoms with Crippen LogP contribution in [0.2, 0.25) is 0 Å². The molecule has 0 bridgehead atoms. The van der Waals surface area contributed by atoms with E-state index in [0.717, 1.165) is 12.5 Å². The maximum Gasteiger partial charge on any atom is 0.0681 e. The Kier molecular flexibility index (Phi) is 1.76. The fourth-order valence-electron chi connectivity index (χ4n) is 2.30. The van der Waals surface area contributed by atoms with Crippen molar-refractivity contribution in [3.05, 3.63) is 12.2 Å². The second-order valence-corrected chi connectivity index (χ2v) is 4.03. The molecule has 3 atom stereocenters. The lowest BCUT2D eigenvalue weighted by Crippen LogP contribution is -2.25. The Morgan fingerprint density at radius 1 is 1.45 bits per heavy atom. The molecule has 0 spiro atoms. The minimum Gasteiger partial charge on any atom is -0.373 e. The molecular weight excluding hydrogens is 136 g/mol. The van der Waals surface area contributed by atoms with Gasteiger partial charge in [0.25, 0.3) is 0 Å². The van der Waals surface area contributed by atoms with Crippen LogP contribution in [0.5, 0.6) is 0 Å². The first-order valence-corrected chi connectivity index (χ1v) is 4.56. The highest BCUT2D eigenvalue weighted by Gasteiger charge is 2.35. The average molecular weight is 152 g/mol. The third-order valence-electron chi connectivity index (χ3n) is 3.06. The van der Waals surface area contributed by atoms with Gasteiger partial charge in [0.2, 0.25) is 0 Å². The Hall–Kier alpha value is -0.300. The first kappa shape index (κ1) is 7.35. The summed E-state index contributed by atoms with van der Waals surface area (Å²) in [5.41, 5.74) is 1.34. The summed E-state index contributed by atoms with van der Waals surface area (Å²) in [5.74, 6) is 1.56. The second kappa shape index (κ2) is 2.63. The zero-order valence-electron chi connectivity index (χ0n) is 7.18. The number of hydrogen-bond acceptors (Lipinski definition) is 1. The van der Waals surface area contributed by atoms with Crippen molar-refractivity contribution >= 4 is 0 Å². The van der Waals surface area contributed by atoms with Crippen molar-refractivity contribution in [2.75, 3.05) is 6.61 Å². The molecule has 0 aromatic rings. The molecule has 0 N–H and O–H groups in total. The Bertz CT molecular complexity index is 174. The topological polar surface area (TPSA) is 9.23 Å². The summed E-state index contributed by atoms with van der Waals surface area (Å²) in [4.78, 5) is 0. The highest BCUT2D eigenvalue weighted by atomic mass is 16.5. The molecule has 0 radical (unpaired) electrons. The molecule has 0 amide bonds. The SMILES string of the molecule is C=C1CO[C@@H]2C[C@H](C)CC[C@@H]12. The van der Waals surface area contributed by atoms with Crippen molar-refractivity contribution in [1.29, 1.82) is 0 Å². The van der Waals surface area contributed by atoms with E-state index in [1.165, 1.54) is 24.8 Å². The predicted molar refractivity (Wildman–Crippen MR) is 45.4 cm³/mol. The normalized spacial score (nSPS) is 44.1. The summed E-state index contributed by atoms with van der Waals surface area (Å²) >= 11 is 0. The van der Waals surface area contributed by atoms with Gasteiger partial charge in [0.15, 0.2) is 0 Å². The second-order valence-electron chi connectivity index (χ2n) is 4.03. The molecule has 1 nitrogen and oxygen atoms in total. The van der Waals surface area contributed by atoms with Crippen molar-refractivity contribution < 1.29 is 4.74 Å². The van der Waals surface area contributed by atoms with E-state index in [2.05, 4.69) is 13.5 Å². The quantitative estimate of drug-likeness (QED) is 0.484. The highest BCUT2D eigenvalue weighted by molar-refractivity contribution is 5.10. The van der Waals surface area contributed by atoms with Crippen molar-refractivity contribution in [3.8, 4) is 0 Å². The van der Waals surface area contributed by atoms with Gasteiger partial charge in [-0.25, -0.2) is 0 Å². The minimum atomic E-state index is 0.520. The molecule has 1 aliphatic carbocycles. The fraction of sp³-hybridized carbons (Fsp3) is 0.800. The molecule has 1 saturated carbocycles. The van der Waals surface area contributed by atoms with E-state index in [0.29, 0.717) is 12.0 Å². The fourth-order valence-corrected chi connectivity index (χ4v) is 2.30. The number of rotatable bonds is 0. The van der Waals surface area contributed by atoms with E-state index in [4.69, 9.17) is 4.74 Å². The Balaban J connectivity index is 2.06. The Morgan fingerprint density at radius 2 is 2.27 bits per heavy atom. The lowest BCUT2D eigenvalue weighted by Gasteiger charge is -2.28. The first-order valence-electron chi connectivity index (χ1n) is 4.56. The molecule has 1 heterocycles. The van der Waals surface area contributed by atoms with E-state index in [1.807, 2.05) is 0 Å². The van der Waals surface area contributed by atoms with Gasteiger partial charge in [0.1, 0.15) is 0 Å². The van der Waals surface area contributed by atoms with Crippen LogP contribution in [0.1, 0.15) is 26.2 Å². The van der Waals surface area contributed by atoms with Crippen molar-refractivity contribution in [3.63, 3.8) is 0 Å². The van der Waals surface area contributed by atoms with Crippen molar-refractivity contribution in [2.24, 2.45) is 11.8 Å². The van der Waals surface area contributed by atoms with E-state index in [9.17, 15) is 0 Å². The third kappa shape index (κ3) is 1.22. The molecule has 1 saturated heterocycles. The zero-order chi connectivity index (χ0) is 7.84. The van der Waals surface area contributed by atoms with Gasteiger partial charge < -0.3 is 4.74 Å². The molecule has 2 rings (SSSR count). The zero-order valence-corrected chi connectivity index (χ0v) is 7.18. The lowest BCUT2D eigenvalue weighted by molar-refractivity contribution is 0.0495. The van der Waals surface area contributed by atoms with Gasteiger partial charge in [-0.2, -0.15) is 0 Å².